The van der Waals surface area contributed by atoms with Crippen molar-refractivity contribution in [3.05, 3.63) is 23.9 Å². The first-order valence-electron chi connectivity index (χ1n) is 6.82. The van der Waals surface area contributed by atoms with E-state index in [1.165, 1.54) is 31.2 Å². The van der Waals surface area contributed by atoms with Crippen LogP contribution in [0.15, 0.2) is 18.3 Å². The molecule has 0 spiro atoms. The molecule has 2 aliphatic carbocycles. The van der Waals surface area contributed by atoms with E-state index in [2.05, 4.69) is 34.5 Å². The van der Waals surface area contributed by atoms with E-state index in [1.807, 2.05) is 10.7 Å². The largest absolute Gasteiger partial charge is 0.352 e. The Morgan fingerprint density at radius 2 is 2.28 bits per heavy atom. The number of rotatable bonds is 4. The van der Waals surface area contributed by atoms with Gasteiger partial charge in [0.1, 0.15) is 0 Å². The number of aryl methyl sites for hydroxylation is 1. The Bertz CT molecular complexity index is 593. The van der Waals surface area contributed by atoms with E-state index < -0.39 is 0 Å². The second-order valence-corrected chi connectivity index (χ2v) is 5.93. The highest BCUT2D eigenvalue weighted by molar-refractivity contribution is 5.45. The molecule has 2 fully saturated rings. The molecule has 2 heterocycles. The minimum atomic E-state index is 0.591. The lowest BCUT2D eigenvalue weighted by atomic mass is 10.0. The van der Waals surface area contributed by atoms with Crippen molar-refractivity contribution in [1.29, 1.82) is 0 Å². The van der Waals surface area contributed by atoms with Crippen LogP contribution in [0.5, 0.6) is 0 Å². The van der Waals surface area contributed by atoms with Crippen LogP contribution in [0.2, 0.25) is 0 Å². The average Bonchev–Trinajstić information content (AvgIpc) is 3.22. The maximum atomic E-state index is 4.52. The molecule has 18 heavy (non-hydrogen) atoms. The van der Waals surface area contributed by atoms with Gasteiger partial charge in [-0.1, -0.05) is 0 Å². The number of aromatic nitrogens is 3. The predicted octanol–water partition coefficient (Wildman–Crippen LogP) is 2.64. The van der Waals surface area contributed by atoms with E-state index in [4.69, 9.17) is 0 Å². The second kappa shape index (κ2) is 3.46. The zero-order valence-corrected chi connectivity index (χ0v) is 10.7. The third kappa shape index (κ3) is 1.67. The molecule has 0 saturated heterocycles. The molecular formula is C14H18N4. The fourth-order valence-electron chi connectivity index (χ4n) is 2.90. The number of hydrogen-bond acceptors (Lipinski definition) is 3. The Kier molecular flexibility index (Phi) is 1.99. The summed E-state index contributed by atoms with van der Waals surface area (Å²) < 4.78 is 1.84. The Morgan fingerprint density at radius 1 is 1.44 bits per heavy atom. The predicted molar refractivity (Wildman–Crippen MR) is 70.6 cm³/mol. The molecular weight excluding hydrogens is 224 g/mol. The van der Waals surface area contributed by atoms with Crippen LogP contribution in [0.3, 0.4) is 0 Å². The van der Waals surface area contributed by atoms with Crippen LogP contribution < -0.4 is 5.32 Å². The third-order valence-electron chi connectivity index (χ3n) is 4.43. The Hall–Kier alpha value is -1.58. The highest BCUT2D eigenvalue weighted by Gasteiger charge is 2.53. The van der Waals surface area contributed by atoms with E-state index in [9.17, 15) is 0 Å². The van der Waals surface area contributed by atoms with Crippen molar-refractivity contribution in [2.75, 3.05) is 11.9 Å². The minimum absolute atomic E-state index is 0.591. The van der Waals surface area contributed by atoms with Gasteiger partial charge in [0.15, 0.2) is 5.65 Å². The maximum Gasteiger partial charge on any atom is 0.243 e. The number of nitrogens with zero attached hydrogens (tertiary/aromatic N) is 3. The summed E-state index contributed by atoms with van der Waals surface area (Å²) in [6.45, 7) is 3.13. The molecule has 2 aromatic heterocycles. The zero-order chi connectivity index (χ0) is 12.2. The number of pyridine rings is 1. The summed E-state index contributed by atoms with van der Waals surface area (Å²) in [6.07, 6.45) is 7.60. The summed E-state index contributed by atoms with van der Waals surface area (Å²) in [6, 6.07) is 4.12. The normalized spacial score (nSPS) is 21.2. The molecule has 1 N–H and O–H groups in total. The minimum Gasteiger partial charge on any atom is -0.352 e. The van der Waals surface area contributed by atoms with Gasteiger partial charge in [0.05, 0.1) is 0 Å². The molecule has 0 aliphatic heterocycles. The van der Waals surface area contributed by atoms with Gasteiger partial charge in [0.25, 0.3) is 0 Å². The van der Waals surface area contributed by atoms with Gasteiger partial charge in [-0.3, -0.25) is 0 Å². The monoisotopic (exact) mass is 242 g/mol. The fraction of sp³-hybridized carbons (Fsp3) is 0.571. The van der Waals surface area contributed by atoms with Gasteiger partial charge >= 0.3 is 0 Å². The lowest BCUT2D eigenvalue weighted by Gasteiger charge is -2.13. The van der Waals surface area contributed by atoms with Crippen molar-refractivity contribution < 1.29 is 0 Å². The van der Waals surface area contributed by atoms with E-state index in [0.717, 1.165) is 24.1 Å². The first-order valence-corrected chi connectivity index (χ1v) is 6.82. The summed E-state index contributed by atoms with van der Waals surface area (Å²) in [4.78, 5) is 4.52. The van der Waals surface area contributed by atoms with Gasteiger partial charge < -0.3 is 5.32 Å². The Morgan fingerprint density at radius 3 is 3.00 bits per heavy atom. The lowest BCUT2D eigenvalue weighted by Crippen LogP contribution is -2.18. The van der Waals surface area contributed by atoms with Crippen LogP contribution in [0, 0.1) is 18.3 Å². The van der Waals surface area contributed by atoms with Crippen molar-refractivity contribution in [2.24, 2.45) is 11.3 Å². The van der Waals surface area contributed by atoms with E-state index >= 15 is 0 Å². The van der Waals surface area contributed by atoms with Crippen molar-refractivity contribution in [1.82, 2.24) is 14.6 Å². The van der Waals surface area contributed by atoms with Gasteiger partial charge in [0, 0.05) is 12.7 Å². The molecule has 2 aliphatic rings. The number of fused-ring (bicyclic) bond motifs is 1. The molecule has 4 heteroatoms. The van der Waals surface area contributed by atoms with Crippen LogP contribution in [0.25, 0.3) is 5.65 Å². The first kappa shape index (κ1) is 10.4. The van der Waals surface area contributed by atoms with Crippen molar-refractivity contribution in [3.8, 4) is 0 Å². The van der Waals surface area contributed by atoms with Crippen molar-refractivity contribution in [3.63, 3.8) is 0 Å². The molecule has 0 atom stereocenters. The molecule has 0 radical (unpaired) electrons. The van der Waals surface area contributed by atoms with Gasteiger partial charge in [-0.25, -0.2) is 4.52 Å². The lowest BCUT2D eigenvalue weighted by molar-refractivity contribution is 0.465. The van der Waals surface area contributed by atoms with Gasteiger partial charge in [-0.05, 0) is 61.6 Å². The molecule has 0 unspecified atom stereocenters. The smallest absolute Gasteiger partial charge is 0.243 e. The van der Waals surface area contributed by atoms with Crippen LogP contribution in [-0.4, -0.2) is 21.1 Å². The van der Waals surface area contributed by atoms with Crippen molar-refractivity contribution >= 4 is 11.6 Å². The van der Waals surface area contributed by atoms with Crippen LogP contribution in [-0.2, 0) is 0 Å². The second-order valence-electron chi connectivity index (χ2n) is 5.93. The fourth-order valence-corrected chi connectivity index (χ4v) is 2.90. The van der Waals surface area contributed by atoms with E-state index in [1.54, 1.807) is 0 Å². The summed E-state index contributed by atoms with van der Waals surface area (Å²) in [5.74, 6) is 1.75. The van der Waals surface area contributed by atoms with Gasteiger partial charge in [-0.2, -0.15) is 4.98 Å². The quantitative estimate of drug-likeness (QED) is 0.896. The standard InChI is InChI=1S/C14H18N4/c1-10-4-7-18-12(8-10)16-13(17-18)15-9-14(5-6-14)11-2-3-11/h4,7-8,11H,2-3,5-6,9H2,1H3,(H,15,17). The molecule has 4 rings (SSSR count). The number of hydrogen-bond donors (Lipinski definition) is 1. The molecule has 2 aromatic rings. The molecule has 4 nitrogen and oxygen atoms in total. The van der Waals surface area contributed by atoms with E-state index in [0.29, 0.717) is 5.41 Å². The average molecular weight is 242 g/mol. The van der Waals surface area contributed by atoms with E-state index in [-0.39, 0.29) is 0 Å². The van der Waals surface area contributed by atoms with Crippen LogP contribution >= 0.6 is 0 Å². The molecule has 0 aromatic carbocycles. The first-order chi connectivity index (χ1) is 8.75. The maximum absolute atomic E-state index is 4.52. The summed E-state index contributed by atoms with van der Waals surface area (Å²) >= 11 is 0. The summed E-state index contributed by atoms with van der Waals surface area (Å²) in [5, 5.41) is 7.89. The van der Waals surface area contributed by atoms with Gasteiger partial charge in [0.2, 0.25) is 5.95 Å². The summed E-state index contributed by atoms with van der Waals surface area (Å²) in [5.41, 5.74) is 2.74. The highest BCUT2D eigenvalue weighted by Crippen LogP contribution is 2.61. The zero-order valence-electron chi connectivity index (χ0n) is 10.7. The molecule has 2 saturated carbocycles. The molecule has 0 amide bonds. The molecule has 0 bridgehead atoms. The third-order valence-corrected chi connectivity index (χ3v) is 4.43. The summed E-state index contributed by atoms with van der Waals surface area (Å²) in [7, 11) is 0. The van der Waals surface area contributed by atoms with Crippen molar-refractivity contribution in [2.45, 2.75) is 32.6 Å². The SMILES string of the molecule is Cc1ccn2nc(NCC3(C4CC4)CC3)nc2c1. The Balaban J connectivity index is 1.52. The molecule has 94 valence electrons. The van der Waals surface area contributed by atoms with Crippen LogP contribution in [0.4, 0.5) is 5.95 Å². The van der Waals surface area contributed by atoms with Gasteiger partial charge in [-0.15, -0.1) is 5.10 Å². The Labute approximate surface area is 106 Å². The number of nitrogens with one attached hydrogen (secondary N) is 1. The van der Waals surface area contributed by atoms with Crippen LogP contribution in [0.1, 0.15) is 31.2 Å². The number of anilines is 1. The topological polar surface area (TPSA) is 42.2 Å². The highest BCUT2D eigenvalue weighted by atomic mass is 15.3.